The van der Waals surface area contributed by atoms with Gasteiger partial charge in [-0.25, -0.2) is 0 Å². The van der Waals surface area contributed by atoms with Gasteiger partial charge in [-0.3, -0.25) is 0 Å². The second-order valence-corrected chi connectivity index (χ2v) is 7.90. The highest BCUT2D eigenvalue weighted by Gasteiger charge is 2.12. The molecule has 3 aromatic carbocycles. The van der Waals surface area contributed by atoms with E-state index in [-0.39, 0.29) is 0 Å². The van der Waals surface area contributed by atoms with Crippen LogP contribution in [0.25, 0.3) is 0 Å². The molecule has 0 aliphatic heterocycles. The van der Waals surface area contributed by atoms with Gasteiger partial charge in [0, 0.05) is 44.0 Å². The summed E-state index contributed by atoms with van der Waals surface area (Å²) in [7, 11) is 0. The molecule has 1 N–H and O–H groups in total. The fraction of sp³-hybridized carbons (Fsp3) is 0.182. The average molecular weight is 471 g/mol. The molecule has 3 nitrogen and oxygen atoms in total. The van der Waals surface area contributed by atoms with E-state index in [0.29, 0.717) is 51.3 Å². The van der Waals surface area contributed by atoms with Gasteiger partial charge in [0.05, 0.1) is 6.61 Å². The van der Waals surface area contributed by atoms with Gasteiger partial charge < -0.3 is 14.8 Å². The zero-order valence-corrected chi connectivity index (χ0v) is 18.7. The number of benzene rings is 3. The Balaban J connectivity index is 1.77. The summed E-state index contributed by atoms with van der Waals surface area (Å²) in [6.45, 7) is 3.20. The number of rotatable bonds is 8. The Morgan fingerprint density at radius 1 is 0.759 bits per heavy atom. The molecule has 152 valence electrons. The Kier molecular flexibility index (Phi) is 7.79. The lowest BCUT2D eigenvalue weighted by molar-refractivity contribution is 0.269. The summed E-state index contributed by atoms with van der Waals surface area (Å²) in [5, 5.41) is 5.60. The SMILES string of the molecule is CCOc1cc(CNc2cc(Cl)cc(Cl)c2)c(Cl)cc1OCc1ccccc1Cl. The molecule has 3 aromatic rings. The van der Waals surface area contributed by atoms with Crippen LogP contribution >= 0.6 is 46.4 Å². The molecular weight excluding hydrogens is 452 g/mol. The monoisotopic (exact) mass is 469 g/mol. The molecule has 0 fully saturated rings. The Labute approximate surface area is 190 Å². The van der Waals surface area contributed by atoms with Gasteiger partial charge in [0.25, 0.3) is 0 Å². The van der Waals surface area contributed by atoms with Gasteiger partial charge in [-0.1, -0.05) is 64.6 Å². The molecular formula is C22H19Cl4NO2. The Morgan fingerprint density at radius 3 is 2.14 bits per heavy atom. The standard InChI is InChI=1S/C22H19Cl4NO2/c1-2-28-21-7-15(12-27-18-9-16(23)8-17(24)10-18)20(26)11-22(21)29-13-14-5-3-4-6-19(14)25/h3-11,27H,2,12-13H2,1H3. The van der Waals surface area contributed by atoms with Crippen molar-refractivity contribution in [2.24, 2.45) is 0 Å². The van der Waals surface area contributed by atoms with Crippen LogP contribution in [0.2, 0.25) is 20.1 Å². The second-order valence-electron chi connectivity index (χ2n) is 6.22. The van der Waals surface area contributed by atoms with Crippen LogP contribution in [0.4, 0.5) is 5.69 Å². The minimum absolute atomic E-state index is 0.314. The van der Waals surface area contributed by atoms with Crippen molar-refractivity contribution in [3.05, 3.63) is 85.8 Å². The topological polar surface area (TPSA) is 30.5 Å². The van der Waals surface area contributed by atoms with Gasteiger partial charge in [0.1, 0.15) is 6.61 Å². The average Bonchev–Trinajstić information content (AvgIpc) is 2.67. The van der Waals surface area contributed by atoms with E-state index in [4.69, 9.17) is 55.9 Å². The maximum atomic E-state index is 6.49. The molecule has 0 atom stereocenters. The van der Waals surface area contributed by atoms with Crippen LogP contribution in [0.3, 0.4) is 0 Å². The summed E-state index contributed by atoms with van der Waals surface area (Å²) in [6, 6.07) is 16.4. The van der Waals surface area contributed by atoms with Crippen LogP contribution in [-0.2, 0) is 13.2 Å². The third-order valence-electron chi connectivity index (χ3n) is 4.10. The summed E-state index contributed by atoms with van der Waals surface area (Å²) in [6.07, 6.45) is 0. The first kappa shape index (κ1) is 21.9. The van der Waals surface area contributed by atoms with Crippen molar-refractivity contribution < 1.29 is 9.47 Å². The highest BCUT2D eigenvalue weighted by Crippen LogP contribution is 2.35. The summed E-state index contributed by atoms with van der Waals surface area (Å²) >= 11 is 24.8. The predicted molar refractivity (Wildman–Crippen MR) is 122 cm³/mol. The van der Waals surface area contributed by atoms with Crippen molar-refractivity contribution >= 4 is 52.1 Å². The van der Waals surface area contributed by atoms with Gasteiger partial charge in [-0.15, -0.1) is 0 Å². The van der Waals surface area contributed by atoms with Crippen LogP contribution in [0.15, 0.2) is 54.6 Å². The van der Waals surface area contributed by atoms with Crippen LogP contribution < -0.4 is 14.8 Å². The lowest BCUT2D eigenvalue weighted by Crippen LogP contribution is -2.04. The molecule has 0 unspecified atom stereocenters. The molecule has 29 heavy (non-hydrogen) atoms. The molecule has 7 heteroatoms. The van der Waals surface area contributed by atoms with E-state index in [0.717, 1.165) is 16.8 Å². The summed E-state index contributed by atoms with van der Waals surface area (Å²) in [4.78, 5) is 0. The minimum atomic E-state index is 0.314. The summed E-state index contributed by atoms with van der Waals surface area (Å²) in [5.41, 5.74) is 2.54. The molecule has 0 aromatic heterocycles. The van der Waals surface area contributed by atoms with E-state index in [1.54, 1.807) is 24.3 Å². The summed E-state index contributed by atoms with van der Waals surface area (Å²) in [5.74, 6) is 1.18. The van der Waals surface area contributed by atoms with Crippen molar-refractivity contribution in [1.29, 1.82) is 0 Å². The van der Waals surface area contributed by atoms with E-state index in [1.165, 1.54) is 0 Å². The van der Waals surface area contributed by atoms with Gasteiger partial charge in [0.15, 0.2) is 11.5 Å². The highest BCUT2D eigenvalue weighted by molar-refractivity contribution is 6.35. The Morgan fingerprint density at radius 2 is 1.45 bits per heavy atom. The second kappa shape index (κ2) is 10.3. The molecule has 0 aliphatic rings. The molecule has 0 aliphatic carbocycles. The van der Waals surface area contributed by atoms with Gasteiger partial charge in [-0.05, 0) is 42.8 Å². The fourth-order valence-corrected chi connectivity index (χ4v) is 3.65. The van der Waals surface area contributed by atoms with Crippen molar-refractivity contribution in [2.45, 2.75) is 20.1 Å². The number of hydrogen-bond acceptors (Lipinski definition) is 3. The molecule has 3 rings (SSSR count). The maximum Gasteiger partial charge on any atom is 0.163 e. The van der Waals surface area contributed by atoms with Crippen molar-refractivity contribution in [1.82, 2.24) is 0 Å². The van der Waals surface area contributed by atoms with Crippen LogP contribution in [0.5, 0.6) is 11.5 Å². The molecule has 0 bridgehead atoms. The number of nitrogens with one attached hydrogen (secondary N) is 1. The molecule has 0 spiro atoms. The third kappa shape index (κ3) is 6.10. The smallest absolute Gasteiger partial charge is 0.163 e. The first-order valence-corrected chi connectivity index (χ1v) is 10.5. The predicted octanol–water partition coefficient (Wildman–Crippen LogP) is 7.89. The number of hydrogen-bond donors (Lipinski definition) is 1. The van der Waals surface area contributed by atoms with Gasteiger partial charge in [0.2, 0.25) is 0 Å². The Bertz CT molecular complexity index is 974. The van der Waals surface area contributed by atoms with E-state index in [9.17, 15) is 0 Å². The van der Waals surface area contributed by atoms with E-state index in [2.05, 4.69) is 5.32 Å². The highest BCUT2D eigenvalue weighted by atomic mass is 35.5. The number of anilines is 1. The molecule has 0 saturated heterocycles. The van der Waals surface area contributed by atoms with E-state index in [1.807, 2.05) is 37.3 Å². The van der Waals surface area contributed by atoms with Crippen molar-refractivity contribution in [3.63, 3.8) is 0 Å². The zero-order chi connectivity index (χ0) is 20.8. The lowest BCUT2D eigenvalue weighted by atomic mass is 10.2. The van der Waals surface area contributed by atoms with E-state index >= 15 is 0 Å². The van der Waals surface area contributed by atoms with Crippen LogP contribution in [-0.4, -0.2) is 6.61 Å². The van der Waals surface area contributed by atoms with Crippen LogP contribution in [0, 0.1) is 0 Å². The Hall–Kier alpha value is -1.78. The van der Waals surface area contributed by atoms with Gasteiger partial charge in [-0.2, -0.15) is 0 Å². The first-order valence-electron chi connectivity index (χ1n) is 8.97. The lowest BCUT2D eigenvalue weighted by Gasteiger charge is -2.16. The minimum Gasteiger partial charge on any atom is -0.490 e. The summed E-state index contributed by atoms with van der Waals surface area (Å²) < 4.78 is 11.7. The molecule has 0 radical (unpaired) electrons. The largest absolute Gasteiger partial charge is 0.490 e. The quantitative estimate of drug-likeness (QED) is 0.363. The van der Waals surface area contributed by atoms with Crippen molar-refractivity contribution in [3.8, 4) is 11.5 Å². The van der Waals surface area contributed by atoms with Crippen molar-refractivity contribution in [2.75, 3.05) is 11.9 Å². The molecule has 0 amide bonds. The maximum absolute atomic E-state index is 6.49. The zero-order valence-electron chi connectivity index (χ0n) is 15.6. The van der Waals surface area contributed by atoms with Crippen LogP contribution in [0.1, 0.15) is 18.1 Å². The fourth-order valence-electron chi connectivity index (χ4n) is 2.72. The van der Waals surface area contributed by atoms with E-state index < -0.39 is 0 Å². The number of ether oxygens (including phenoxy) is 2. The first-order chi connectivity index (χ1) is 14.0. The number of halogens is 4. The third-order valence-corrected chi connectivity index (χ3v) is 5.26. The van der Waals surface area contributed by atoms with Gasteiger partial charge >= 0.3 is 0 Å². The molecule has 0 heterocycles. The molecule has 0 saturated carbocycles. The normalized spacial score (nSPS) is 10.7.